The number of rotatable bonds is 1. The third-order valence-corrected chi connectivity index (χ3v) is 3.47. The van der Waals surface area contributed by atoms with Gasteiger partial charge in [0.25, 0.3) is 0 Å². The van der Waals surface area contributed by atoms with E-state index in [9.17, 15) is 0 Å². The molecule has 0 unspecified atom stereocenters. The molecule has 0 N–H and O–H groups in total. The number of hydrogen-bond acceptors (Lipinski definition) is 5. The fourth-order valence-electron chi connectivity index (χ4n) is 2.52. The molecule has 2 rings (SSSR count). The van der Waals surface area contributed by atoms with Crippen molar-refractivity contribution in [1.29, 1.82) is 0 Å². The lowest BCUT2D eigenvalue weighted by molar-refractivity contribution is -2.00. The molecule has 7 heteroatoms. The normalized spacial score (nSPS) is 17.7. The van der Waals surface area contributed by atoms with Gasteiger partial charge in [-0.15, -0.1) is 10.2 Å². The summed E-state index contributed by atoms with van der Waals surface area (Å²) in [5.74, 6) is 0. The Balaban J connectivity index is 0.000000422. The molecule has 0 saturated heterocycles. The van der Waals surface area contributed by atoms with Crippen molar-refractivity contribution in [1.82, 2.24) is 0 Å². The van der Waals surface area contributed by atoms with Crippen LogP contribution in [0, 0.1) is 10.2 Å². The summed E-state index contributed by atoms with van der Waals surface area (Å²) in [6.45, 7) is 4.56. The standard InChI is InChI=1S/C15H21N2.ClHO4/c1-15(2)12-8-6-7-9-13(12)17(5)14(15)10-11-16(3)4;2-1(3,4)5/h6-11H,1-5H3;(H,2,3,4,5)/q+1;/p-1. The zero-order valence-electron chi connectivity index (χ0n) is 13.4. The lowest BCUT2D eigenvalue weighted by atomic mass is 9.84. The number of halogens is 1. The van der Waals surface area contributed by atoms with Crippen LogP contribution in [0.4, 0.5) is 5.69 Å². The van der Waals surface area contributed by atoms with E-state index in [1.807, 2.05) is 14.1 Å². The third kappa shape index (κ3) is 4.79. The Morgan fingerprint density at radius 1 is 1.09 bits per heavy atom. The Hall–Kier alpha value is -1.44. The van der Waals surface area contributed by atoms with E-state index in [0.717, 1.165) is 0 Å². The topological polar surface area (TPSA) is 98.5 Å². The van der Waals surface area contributed by atoms with E-state index < -0.39 is 10.2 Å². The molecule has 122 valence electrons. The van der Waals surface area contributed by atoms with E-state index in [1.54, 1.807) is 0 Å². The van der Waals surface area contributed by atoms with E-state index in [4.69, 9.17) is 18.6 Å². The van der Waals surface area contributed by atoms with Crippen molar-refractivity contribution in [2.75, 3.05) is 26.0 Å². The van der Waals surface area contributed by atoms with E-state index in [2.05, 4.69) is 66.9 Å². The van der Waals surface area contributed by atoms with Gasteiger partial charge in [0.2, 0.25) is 0 Å². The summed E-state index contributed by atoms with van der Waals surface area (Å²) < 4.78 is 36.0. The van der Waals surface area contributed by atoms with E-state index in [-0.39, 0.29) is 5.41 Å². The van der Waals surface area contributed by atoms with Gasteiger partial charge in [-0.3, -0.25) is 0 Å². The zero-order valence-corrected chi connectivity index (χ0v) is 14.1. The first-order valence-electron chi connectivity index (χ1n) is 6.61. The van der Waals surface area contributed by atoms with E-state index in [1.165, 1.54) is 16.9 Å². The molecule has 1 aliphatic rings. The molecule has 0 atom stereocenters. The molecule has 0 aromatic heterocycles. The average molecular weight is 329 g/mol. The first kappa shape index (κ1) is 18.6. The SMILES string of the molecule is CN1/C(=C/C=[N+](C)C)C(C)(C)c2ccccc21.[O-][Cl+3]([O-])([O-])[O-]. The first-order chi connectivity index (χ1) is 9.94. The number of allylic oxidation sites excluding steroid dienone is 2. The van der Waals surface area contributed by atoms with Crippen molar-refractivity contribution in [2.45, 2.75) is 19.3 Å². The first-order valence-corrected chi connectivity index (χ1v) is 7.85. The van der Waals surface area contributed by atoms with Crippen LogP contribution >= 0.6 is 0 Å². The fourth-order valence-corrected chi connectivity index (χ4v) is 2.52. The highest BCUT2D eigenvalue weighted by molar-refractivity contribution is 5.77. The van der Waals surface area contributed by atoms with E-state index in [0.29, 0.717) is 0 Å². The Morgan fingerprint density at radius 3 is 2.05 bits per heavy atom. The van der Waals surface area contributed by atoms with Crippen molar-refractivity contribution in [3.63, 3.8) is 0 Å². The Kier molecular flexibility index (Phi) is 5.72. The number of likely N-dealkylation sites (N-methyl/N-ethyl adjacent to an activating group) is 1. The van der Waals surface area contributed by atoms with Crippen LogP contribution in [0.2, 0.25) is 0 Å². The lowest BCUT2D eigenvalue weighted by Gasteiger charge is -2.23. The average Bonchev–Trinajstić information content (AvgIpc) is 2.54. The molecular formula is C15H21ClN2O4. The Bertz CT molecular complexity index is 581. The van der Waals surface area contributed by atoms with Crippen molar-refractivity contribution >= 4 is 11.9 Å². The Labute approximate surface area is 133 Å². The predicted molar refractivity (Wildman–Crippen MR) is 74.1 cm³/mol. The molecule has 0 saturated carbocycles. The summed E-state index contributed by atoms with van der Waals surface area (Å²) in [6.07, 6.45) is 4.32. The summed E-state index contributed by atoms with van der Waals surface area (Å²) >= 11 is 0. The second-order valence-corrected chi connectivity index (χ2v) is 6.50. The maximum Gasteiger partial charge on any atom is 0.164 e. The molecule has 0 radical (unpaired) electrons. The van der Waals surface area contributed by atoms with Crippen molar-refractivity contribution < 1.29 is 33.5 Å². The largest absolute Gasteiger partial charge is 0.347 e. The minimum atomic E-state index is -4.94. The molecule has 1 heterocycles. The van der Waals surface area contributed by atoms with Crippen LogP contribution in [0.1, 0.15) is 19.4 Å². The third-order valence-electron chi connectivity index (χ3n) is 3.47. The number of hydrogen-bond donors (Lipinski definition) is 0. The highest BCUT2D eigenvalue weighted by Gasteiger charge is 2.37. The maximum absolute atomic E-state index is 8.49. The van der Waals surface area contributed by atoms with Crippen LogP contribution in [-0.4, -0.2) is 31.9 Å². The van der Waals surface area contributed by atoms with Crippen molar-refractivity contribution in [2.24, 2.45) is 0 Å². The quantitative estimate of drug-likeness (QED) is 0.434. The highest BCUT2D eigenvalue weighted by atomic mass is 35.7. The summed E-state index contributed by atoms with van der Waals surface area (Å²) in [6, 6.07) is 8.63. The number of benzene rings is 1. The molecule has 0 spiro atoms. The predicted octanol–water partition coefficient (Wildman–Crippen LogP) is -2.12. The van der Waals surface area contributed by atoms with Gasteiger partial charge in [0.05, 0.1) is 0 Å². The second kappa shape index (κ2) is 6.76. The van der Waals surface area contributed by atoms with E-state index >= 15 is 0 Å². The van der Waals surface area contributed by atoms with Crippen LogP contribution in [0.15, 0.2) is 36.0 Å². The highest BCUT2D eigenvalue weighted by Crippen LogP contribution is 2.46. The molecule has 1 aromatic carbocycles. The molecule has 0 amide bonds. The smallest absolute Gasteiger partial charge is 0.164 e. The number of para-hydroxylation sites is 1. The summed E-state index contributed by atoms with van der Waals surface area (Å²) in [7, 11) is 1.29. The van der Waals surface area contributed by atoms with Gasteiger partial charge in [-0.1, -0.05) is 32.0 Å². The molecule has 6 nitrogen and oxygen atoms in total. The number of fused-ring (bicyclic) bond motifs is 1. The summed E-state index contributed by atoms with van der Waals surface area (Å²) in [4.78, 5) is 2.29. The number of anilines is 1. The molecule has 1 aromatic rings. The molecule has 0 fully saturated rings. The van der Waals surface area contributed by atoms with Gasteiger partial charge in [-0.25, -0.2) is 23.2 Å². The molecule has 1 aliphatic heterocycles. The van der Waals surface area contributed by atoms with Crippen LogP contribution in [0.3, 0.4) is 0 Å². The van der Waals surface area contributed by atoms with Crippen molar-refractivity contribution in [3.8, 4) is 0 Å². The maximum atomic E-state index is 8.49. The molecule has 0 aliphatic carbocycles. The van der Waals surface area contributed by atoms with Crippen LogP contribution in [0.5, 0.6) is 0 Å². The fraction of sp³-hybridized carbons (Fsp3) is 0.400. The van der Waals surface area contributed by atoms with Gasteiger partial charge in [0.1, 0.15) is 14.1 Å². The summed E-state index contributed by atoms with van der Waals surface area (Å²) in [5.41, 5.74) is 4.14. The minimum absolute atomic E-state index is 0.0812. The molecule has 22 heavy (non-hydrogen) atoms. The zero-order chi connectivity index (χ0) is 17.1. The van der Waals surface area contributed by atoms with Crippen LogP contribution in [-0.2, 0) is 5.41 Å². The lowest BCUT2D eigenvalue weighted by Crippen LogP contribution is -2.68. The second-order valence-electron chi connectivity index (χ2n) is 5.74. The van der Waals surface area contributed by atoms with Gasteiger partial charge >= 0.3 is 0 Å². The minimum Gasteiger partial charge on any atom is -0.347 e. The van der Waals surface area contributed by atoms with Gasteiger partial charge in [-0.2, -0.15) is 0 Å². The van der Waals surface area contributed by atoms with Gasteiger partial charge in [0, 0.05) is 29.9 Å². The van der Waals surface area contributed by atoms with Crippen LogP contribution < -0.4 is 23.5 Å². The number of nitrogens with zero attached hydrogens (tertiary/aromatic N) is 2. The molecular weight excluding hydrogens is 308 g/mol. The Morgan fingerprint density at radius 2 is 1.59 bits per heavy atom. The monoisotopic (exact) mass is 328 g/mol. The summed E-state index contributed by atoms with van der Waals surface area (Å²) in [5, 5.41) is 0. The van der Waals surface area contributed by atoms with Gasteiger partial charge in [-0.05, 0) is 11.6 Å². The molecule has 0 bridgehead atoms. The van der Waals surface area contributed by atoms with Gasteiger partial charge < -0.3 is 4.90 Å². The van der Waals surface area contributed by atoms with Crippen molar-refractivity contribution in [3.05, 3.63) is 41.6 Å². The van der Waals surface area contributed by atoms with Gasteiger partial charge in [0.15, 0.2) is 6.21 Å². The van der Waals surface area contributed by atoms with Crippen LogP contribution in [0.25, 0.3) is 0 Å².